The predicted octanol–water partition coefficient (Wildman–Crippen LogP) is 3.90. The van der Waals surface area contributed by atoms with E-state index in [4.69, 9.17) is 0 Å². The van der Waals surface area contributed by atoms with Crippen molar-refractivity contribution >= 4 is 22.1 Å². The third-order valence-corrected chi connectivity index (χ3v) is 4.58. The minimum Gasteiger partial charge on any atom is -0.337 e. The molecule has 0 radical (unpaired) electrons. The molecule has 0 atom stereocenters. The fraction of sp³-hybridized carbons (Fsp3) is 0.167. The molecule has 1 aromatic carbocycles. The number of hydrazone groups is 1. The van der Waals surface area contributed by atoms with Gasteiger partial charge in [0, 0.05) is 29.3 Å². The topological polar surface area (TPSA) is 57.2 Å². The molecule has 0 amide bonds. The summed E-state index contributed by atoms with van der Waals surface area (Å²) in [5, 5.41) is 6.26. The number of aromatic nitrogens is 3. The maximum Gasteiger partial charge on any atom is 0.169 e. The molecule has 0 unspecified atom stereocenters. The van der Waals surface area contributed by atoms with Crippen LogP contribution in [0.2, 0.25) is 0 Å². The normalized spacial score (nSPS) is 13.1. The lowest BCUT2D eigenvalue weighted by Crippen LogP contribution is -2.24. The van der Waals surface area contributed by atoms with E-state index >= 15 is 0 Å². The van der Waals surface area contributed by atoms with Gasteiger partial charge in [-0.05, 0) is 40.2 Å². The zero-order valence-corrected chi connectivity index (χ0v) is 15.2. The van der Waals surface area contributed by atoms with Crippen molar-refractivity contribution in [1.29, 1.82) is 0 Å². The molecule has 0 fully saturated rings. The van der Waals surface area contributed by atoms with E-state index in [2.05, 4.69) is 36.0 Å². The molecule has 0 spiro atoms. The Morgan fingerprint density at radius 1 is 1.19 bits per heavy atom. The van der Waals surface area contributed by atoms with Crippen LogP contribution in [-0.4, -0.2) is 32.7 Å². The van der Waals surface area contributed by atoms with E-state index < -0.39 is 11.6 Å². The lowest BCUT2D eigenvalue weighted by molar-refractivity contribution is 0.276. The first-order chi connectivity index (χ1) is 12.6. The lowest BCUT2D eigenvalue weighted by atomic mass is 10.2. The Labute approximate surface area is 156 Å². The number of rotatable bonds is 4. The Hall–Kier alpha value is -2.61. The summed E-state index contributed by atoms with van der Waals surface area (Å²) in [6.07, 6.45) is 4.16. The Morgan fingerprint density at radius 2 is 2.08 bits per heavy atom. The number of hydrogen-bond donors (Lipinski definition) is 1. The van der Waals surface area contributed by atoms with Crippen LogP contribution < -0.4 is 0 Å². The summed E-state index contributed by atoms with van der Waals surface area (Å²) >= 11 is 3.36. The molecule has 3 heterocycles. The maximum atomic E-state index is 14.0. The second-order valence-corrected chi connectivity index (χ2v) is 6.81. The SMILES string of the molecule is Fc1cccc(-c2nc3c([nH]2)C=NN(CCc2ccc(Br)cn2)C3)c1F. The average molecular weight is 418 g/mol. The Kier molecular flexibility index (Phi) is 4.50. The summed E-state index contributed by atoms with van der Waals surface area (Å²) in [5.74, 6) is -1.50. The monoisotopic (exact) mass is 417 g/mol. The molecule has 0 saturated carbocycles. The molecular formula is C18H14BrF2N5. The molecule has 2 aromatic heterocycles. The summed E-state index contributed by atoms with van der Waals surface area (Å²) in [4.78, 5) is 11.8. The van der Waals surface area contributed by atoms with Gasteiger partial charge in [0.05, 0.1) is 29.7 Å². The second kappa shape index (κ2) is 6.95. The minimum absolute atomic E-state index is 0.110. The van der Waals surface area contributed by atoms with Gasteiger partial charge in [-0.2, -0.15) is 5.10 Å². The van der Waals surface area contributed by atoms with Crippen LogP contribution in [0, 0.1) is 11.6 Å². The van der Waals surface area contributed by atoms with Crippen molar-refractivity contribution in [2.45, 2.75) is 13.0 Å². The van der Waals surface area contributed by atoms with E-state index in [-0.39, 0.29) is 5.56 Å². The van der Waals surface area contributed by atoms with Crippen molar-refractivity contribution in [3.05, 3.63) is 69.7 Å². The number of aromatic amines is 1. The molecule has 5 nitrogen and oxygen atoms in total. The zero-order chi connectivity index (χ0) is 18.1. The Bertz CT molecular complexity index is 968. The highest BCUT2D eigenvalue weighted by atomic mass is 79.9. The maximum absolute atomic E-state index is 14.0. The molecule has 8 heteroatoms. The van der Waals surface area contributed by atoms with Crippen LogP contribution >= 0.6 is 15.9 Å². The molecular weight excluding hydrogens is 404 g/mol. The third-order valence-electron chi connectivity index (χ3n) is 4.11. The zero-order valence-electron chi connectivity index (χ0n) is 13.6. The van der Waals surface area contributed by atoms with E-state index in [0.29, 0.717) is 24.6 Å². The van der Waals surface area contributed by atoms with Gasteiger partial charge in [0.15, 0.2) is 11.6 Å². The molecule has 26 heavy (non-hydrogen) atoms. The highest BCUT2D eigenvalue weighted by Gasteiger charge is 2.19. The summed E-state index contributed by atoms with van der Waals surface area (Å²) < 4.78 is 28.4. The number of benzene rings is 1. The average Bonchev–Trinajstić information content (AvgIpc) is 3.06. The van der Waals surface area contributed by atoms with Crippen LogP contribution in [0.3, 0.4) is 0 Å². The molecule has 4 rings (SSSR count). The molecule has 0 bridgehead atoms. The van der Waals surface area contributed by atoms with Gasteiger partial charge in [-0.25, -0.2) is 13.8 Å². The van der Waals surface area contributed by atoms with E-state index in [1.807, 2.05) is 17.1 Å². The fourth-order valence-electron chi connectivity index (χ4n) is 2.75. The van der Waals surface area contributed by atoms with Gasteiger partial charge in [0.1, 0.15) is 5.82 Å². The van der Waals surface area contributed by atoms with Gasteiger partial charge in [-0.15, -0.1) is 0 Å². The molecule has 0 saturated heterocycles. The van der Waals surface area contributed by atoms with Gasteiger partial charge < -0.3 is 4.98 Å². The van der Waals surface area contributed by atoms with Gasteiger partial charge in [0.2, 0.25) is 0 Å². The van der Waals surface area contributed by atoms with Crippen LogP contribution in [-0.2, 0) is 13.0 Å². The molecule has 1 N–H and O–H groups in total. The van der Waals surface area contributed by atoms with Crippen molar-refractivity contribution in [2.75, 3.05) is 6.54 Å². The fourth-order valence-corrected chi connectivity index (χ4v) is 2.99. The summed E-state index contributed by atoms with van der Waals surface area (Å²) in [7, 11) is 0. The smallest absolute Gasteiger partial charge is 0.169 e. The Balaban J connectivity index is 1.48. The van der Waals surface area contributed by atoms with Crippen LogP contribution in [0.4, 0.5) is 8.78 Å². The van der Waals surface area contributed by atoms with Crippen LogP contribution in [0.1, 0.15) is 17.1 Å². The highest BCUT2D eigenvalue weighted by molar-refractivity contribution is 9.10. The lowest BCUT2D eigenvalue weighted by Gasteiger charge is -2.20. The molecule has 1 aliphatic rings. The number of hydrogen-bond acceptors (Lipinski definition) is 4. The summed E-state index contributed by atoms with van der Waals surface area (Å²) in [5.41, 5.74) is 2.54. The van der Waals surface area contributed by atoms with Crippen molar-refractivity contribution in [2.24, 2.45) is 5.10 Å². The molecule has 1 aliphatic heterocycles. The van der Waals surface area contributed by atoms with Crippen LogP contribution in [0.5, 0.6) is 0 Å². The number of fused-ring (bicyclic) bond motifs is 1. The number of nitrogens with one attached hydrogen (secondary N) is 1. The van der Waals surface area contributed by atoms with Gasteiger partial charge in [-0.3, -0.25) is 9.99 Å². The van der Waals surface area contributed by atoms with Gasteiger partial charge >= 0.3 is 0 Å². The number of H-pyrrole nitrogens is 1. The van der Waals surface area contributed by atoms with E-state index in [0.717, 1.165) is 28.3 Å². The standard InChI is InChI=1S/C18H14BrF2N5/c19-11-4-5-12(22-8-11)6-7-26-10-16-15(9-23-26)24-18(25-16)13-2-1-3-14(20)17(13)21/h1-5,8-9H,6-7,10H2,(H,24,25). The predicted molar refractivity (Wildman–Crippen MR) is 97.6 cm³/mol. The largest absolute Gasteiger partial charge is 0.337 e. The number of imidazole rings is 1. The first-order valence-electron chi connectivity index (χ1n) is 8.03. The van der Waals surface area contributed by atoms with E-state index in [1.54, 1.807) is 12.4 Å². The van der Waals surface area contributed by atoms with Crippen molar-refractivity contribution < 1.29 is 8.78 Å². The van der Waals surface area contributed by atoms with E-state index in [1.165, 1.54) is 12.1 Å². The molecule has 132 valence electrons. The second-order valence-electron chi connectivity index (χ2n) is 5.90. The van der Waals surface area contributed by atoms with Gasteiger partial charge in [-0.1, -0.05) is 6.07 Å². The number of pyridine rings is 1. The van der Waals surface area contributed by atoms with Crippen LogP contribution in [0.15, 0.2) is 46.1 Å². The first-order valence-corrected chi connectivity index (χ1v) is 8.82. The molecule has 3 aromatic rings. The van der Waals surface area contributed by atoms with E-state index in [9.17, 15) is 8.78 Å². The van der Waals surface area contributed by atoms with Gasteiger partial charge in [0.25, 0.3) is 0 Å². The highest BCUT2D eigenvalue weighted by Crippen LogP contribution is 2.24. The van der Waals surface area contributed by atoms with Crippen molar-refractivity contribution in [3.8, 4) is 11.4 Å². The van der Waals surface area contributed by atoms with Crippen LogP contribution in [0.25, 0.3) is 11.4 Å². The number of nitrogens with zero attached hydrogens (tertiary/aromatic N) is 4. The Morgan fingerprint density at radius 3 is 2.88 bits per heavy atom. The minimum atomic E-state index is -0.909. The molecule has 0 aliphatic carbocycles. The first kappa shape index (κ1) is 16.8. The van der Waals surface area contributed by atoms with Crippen molar-refractivity contribution in [3.63, 3.8) is 0 Å². The third kappa shape index (κ3) is 3.37. The summed E-state index contributed by atoms with van der Waals surface area (Å²) in [6, 6.07) is 7.95. The summed E-state index contributed by atoms with van der Waals surface area (Å²) in [6.45, 7) is 1.18. The quantitative estimate of drug-likeness (QED) is 0.699. The number of halogens is 3. The van der Waals surface area contributed by atoms with Crippen molar-refractivity contribution in [1.82, 2.24) is 20.0 Å².